The molecule has 128 valence electrons. The lowest BCUT2D eigenvalue weighted by atomic mass is 10.1. The fourth-order valence-electron chi connectivity index (χ4n) is 2.27. The smallest absolute Gasteiger partial charge is 0.268 e. The summed E-state index contributed by atoms with van der Waals surface area (Å²) < 4.78 is 25.3. The number of fused-ring (bicyclic) bond motifs is 1. The van der Waals surface area contributed by atoms with E-state index in [0.717, 1.165) is 10.8 Å². The van der Waals surface area contributed by atoms with E-state index in [9.17, 15) is 18.0 Å². The van der Waals surface area contributed by atoms with Crippen LogP contribution in [0.15, 0.2) is 23.1 Å². The molecule has 0 aromatic heterocycles. The number of amides is 2. The van der Waals surface area contributed by atoms with Crippen LogP contribution < -0.4 is 10.6 Å². The van der Waals surface area contributed by atoms with Crippen LogP contribution in [0.25, 0.3) is 0 Å². The lowest BCUT2D eigenvalue weighted by Gasteiger charge is -2.11. The standard InChI is InChI=1S/C14H19N3O4S.ClH/c1-3-15-7-8-16-13(18)10-5-6-11-12(9-10)22(20,21)17(4-2)14(11)19;/h5-6,9,15H,3-4,7-8H2,1-2H3,(H,16,18);1H. The molecule has 1 aliphatic rings. The number of rotatable bonds is 6. The average Bonchev–Trinajstić information content (AvgIpc) is 2.69. The predicted octanol–water partition coefficient (Wildman–Crippen LogP) is 0.612. The lowest BCUT2D eigenvalue weighted by molar-refractivity contribution is 0.0874. The summed E-state index contributed by atoms with van der Waals surface area (Å²) in [7, 11) is -3.84. The Balaban J connectivity index is 0.00000264. The van der Waals surface area contributed by atoms with Crippen LogP contribution in [0, 0.1) is 0 Å². The van der Waals surface area contributed by atoms with Gasteiger partial charge in [0.05, 0.1) is 5.56 Å². The molecular formula is C14H20ClN3O4S. The number of sulfonamides is 1. The van der Waals surface area contributed by atoms with Crippen LogP contribution in [-0.4, -0.2) is 50.7 Å². The zero-order chi connectivity index (χ0) is 16.3. The quantitative estimate of drug-likeness (QED) is 0.724. The van der Waals surface area contributed by atoms with E-state index in [1.807, 2.05) is 6.92 Å². The van der Waals surface area contributed by atoms with Gasteiger partial charge in [0, 0.05) is 25.2 Å². The van der Waals surface area contributed by atoms with E-state index >= 15 is 0 Å². The molecule has 0 unspecified atom stereocenters. The van der Waals surface area contributed by atoms with Crippen molar-refractivity contribution in [2.75, 3.05) is 26.2 Å². The molecule has 0 fully saturated rings. The second kappa shape index (κ2) is 7.76. The van der Waals surface area contributed by atoms with Crippen molar-refractivity contribution in [3.05, 3.63) is 29.3 Å². The van der Waals surface area contributed by atoms with Gasteiger partial charge in [-0.25, -0.2) is 12.7 Å². The zero-order valence-electron chi connectivity index (χ0n) is 13.0. The minimum absolute atomic E-state index is 0. The Kier molecular flexibility index (Phi) is 6.55. The van der Waals surface area contributed by atoms with Gasteiger partial charge in [-0.05, 0) is 31.7 Å². The van der Waals surface area contributed by atoms with Gasteiger partial charge < -0.3 is 10.6 Å². The lowest BCUT2D eigenvalue weighted by Crippen LogP contribution is -2.31. The van der Waals surface area contributed by atoms with Gasteiger partial charge in [0.25, 0.3) is 21.8 Å². The van der Waals surface area contributed by atoms with E-state index in [2.05, 4.69) is 10.6 Å². The number of nitrogens with one attached hydrogen (secondary N) is 2. The third kappa shape index (κ3) is 3.65. The maximum absolute atomic E-state index is 12.3. The highest BCUT2D eigenvalue weighted by Crippen LogP contribution is 2.30. The summed E-state index contributed by atoms with van der Waals surface area (Å²) in [4.78, 5) is 23.9. The van der Waals surface area contributed by atoms with Crippen molar-refractivity contribution in [3.63, 3.8) is 0 Å². The second-order valence-corrected chi connectivity index (χ2v) is 6.63. The second-order valence-electron chi connectivity index (χ2n) is 4.80. The number of likely N-dealkylation sites (N-methyl/N-ethyl adjacent to an activating group) is 1. The van der Waals surface area contributed by atoms with Crippen LogP contribution in [0.5, 0.6) is 0 Å². The highest BCUT2D eigenvalue weighted by molar-refractivity contribution is 7.90. The topological polar surface area (TPSA) is 95.6 Å². The predicted molar refractivity (Wildman–Crippen MR) is 88.5 cm³/mol. The van der Waals surface area contributed by atoms with Gasteiger partial charge in [-0.2, -0.15) is 0 Å². The van der Waals surface area contributed by atoms with Gasteiger partial charge in [0.1, 0.15) is 4.90 Å². The molecular weight excluding hydrogens is 342 g/mol. The van der Waals surface area contributed by atoms with Crippen molar-refractivity contribution in [2.24, 2.45) is 0 Å². The number of halogens is 1. The first-order valence-electron chi connectivity index (χ1n) is 7.13. The van der Waals surface area contributed by atoms with Crippen LogP contribution in [0.3, 0.4) is 0 Å². The average molecular weight is 362 g/mol. The van der Waals surface area contributed by atoms with Crippen molar-refractivity contribution in [1.82, 2.24) is 14.9 Å². The summed E-state index contributed by atoms with van der Waals surface area (Å²) in [5.41, 5.74) is 0.343. The number of carbonyl (C=O) groups excluding carboxylic acids is 2. The SMILES string of the molecule is CCNCCNC(=O)c1ccc2c(c1)S(=O)(=O)N(CC)C2=O.Cl. The van der Waals surface area contributed by atoms with Gasteiger partial charge in [-0.1, -0.05) is 6.92 Å². The van der Waals surface area contributed by atoms with Crippen molar-refractivity contribution in [3.8, 4) is 0 Å². The first kappa shape index (κ1) is 19.4. The van der Waals surface area contributed by atoms with Gasteiger partial charge in [-0.3, -0.25) is 9.59 Å². The molecule has 23 heavy (non-hydrogen) atoms. The fourth-order valence-corrected chi connectivity index (χ4v) is 3.88. The normalized spacial score (nSPS) is 15.0. The molecule has 0 saturated heterocycles. The zero-order valence-corrected chi connectivity index (χ0v) is 14.6. The Hall–Kier alpha value is -1.64. The summed E-state index contributed by atoms with van der Waals surface area (Å²) in [5.74, 6) is -0.907. The highest BCUT2D eigenvalue weighted by Gasteiger charge is 2.40. The largest absolute Gasteiger partial charge is 0.351 e. The molecule has 2 amide bonds. The Morgan fingerprint density at radius 1 is 1.22 bits per heavy atom. The number of benzene rings is 1. The maximum Gasteiger partial charge on any atom is 0.268 e. The third-order valence-electron chi connectivity index (χ3n) is 3.39. The Labute approximate surface area is 141 Å². The van der Waals surface area contributed by atoms with Crippen LogP contribution in [0.4, 0.5) is 0 Å². The summed E-state index contributed by atoms with van der Waals surface area (Å²) in [6, 6.07) is 4.12. The van der Waals surface area contributed by atoms with Gasteiger partial charge >= 0.3 is 0 Å². The monoisotopic (exact) mass is 361 g/mol. The first-order valence-corrected chi connectivity index (χ1v) is 8.57. The van der Waals surface area contributed by atoms with E-state index in [1.165, 1.54) is 18.2 Å². The molecule has 9 heteroatoms. The molecule has 2 rings (SSSR count). The van der Waals surface area contributed by atoms with E-state index < -0.39 is 15.9 Å². The summed E-state index contributed by atoms with van der Waals surface area (Å²) >= 11 is 0. The van der Waals surface area contributed by atoms with Crippen LogP contribution >= 0.6 is 12.4 Å². The minimum atomic E-state index is -3.84. The molecule has 2 N–H and O–H groups in total. The minimum Gasteiger partial charge on any atom is -0.351 e. The van der Waals surface area contributed by atoms with Crippen molar-refractivity contribution < 1.29 is 18.0 Å². The molecule has 0 saturated carbocycles. The summed E-state index contributed by atoms with van der Waals surface area (Å²) in [6.07, 6.45) is 0. The fraction of sp³-hybridized carbons (Fsp3) is 0.429. The Morgan fingerprint density at radius 3 is 2.52 bits per heavy atom. The van der Waals surface area contributed by atoms with Crippen LogP contribution in [-0.2, 0) is 10.0 Å². The molecule has 1 aromatic carbocycles. The first-order chi connectivity index (χ1) is 10.4. The maximum atomic E-state index is 12.3. The molecule has 0 atom stereocenters. The Morgan fingerprint density at radius 2 is 1.91 bits per heavy atom. The van der Waals surface area contributed by atoms with E-state index in [4.69, 9.17) is 0 Å². The summed E-state index contributed by atoms with van der Waals surface area (Å²) in [6.45, 7) is 5.51. The molecule has 0 aliphatic carbocycles. The number of hydrogen-bond acceptors (Lipinski definition) is 5. The van der Waals surface area contributed by atoms with Gasteiger partial charge in [-0.15, -0.1) is 12.4 Å². The summed E-state index contributed by atoms with van der Waals surface area (Å²) in [5, 5.41) is 5.76. The molecule has 7 nitrogen and oxygen atoms in total. The van der Waals surface area contributed by atoms with Crippen molar-refractivity contribution >= 4 is 34.2 Å². The van der Waals surface area contributed by atoms with Gasteiger partial charge in [0.2, 0.25) is 0 Å². The molecule has 0 spiro atoms. The number of carbonyl (C=O) groups is 2. The van der Waals surface area contributed by atoms with Crippen molar-refractivity contribution in [1.29, 1.82) is 0 Å². The van der Waals surface area contributed by atoms with E-state index in [0.29, 0.717) is 13.1 Å². The van der Waals surface area contributed by atoms with Crippen molar-refractivity contribution in [2.45, 2.75) is 18.7 Å². The van der Waals surface area contributed by atoms with Crippen LogP contribution in [0.1, 0.15) is 34.6 Å². The van der Waals surface area contributed by atoms with E-state index in [1.54, 1.807) is 6.92 Å². The molecule has 1 heterocycles. The van der Waals surface area contributed by atoms with Gasteiger partial charge in [0.15, 0.2) is 0 Å². The highest BCUT2D eigenvalue weighted by atomic mass is 35.5. The number of hydrogen-bond donors (Lipinski definition) is 2. The molecule has 1 aliphatic heterocycles. The van der Waals surface area contributed by atoms with E-state index in [-0.39, 0.29) is 40.9 Å². The van der Waals surface area contributed by atoms with Crippen LogP contribution in [0.2, 0.25) is 0 Å². The molecule has 0 radical (unpaired) electrons. The Bertz CT molecular complexity index is 706. The molecule has 0 bridgehead atoms. The third-order valence-corrected chi connectivity index (χ3v) is 5.29. The molecule has 1 aromatic rings. The number of nitrogens with zero attached hydrogens (tertiary/aromatic N) is 1.